The van der Waals surface area contributed by atoms with Gasteiger partial charge in [0.1, 0.15) is 0 Å². The lowest BCUT2D eigenvalue weighted by atomic mass is 9.79. The van der Waals surface area contributed by atoms with Crippen LogP contribution in [0, 0.1) is 0 Å². The summed E-state index contributed by atoms with van der Waals surface area (Å²) in [6, 6.07) is 8.25. The zero-order chi connectivity index (χ0) is 17.4. The van der Waals surface area contributed by atoms with Crippen LogP contribution in [0.4, 0.5) is 0 Å². The normalized spacial score (nSPS) is 29.1. The molecule has 1 amide bonds. The highest BCUT2D eigenvalue weighted by Crippen LogP contribution is 2.43. The largest absolute Gasteiger partial charge is 0.381 e. The monoisotopic (exact) mass is 342 g/mol. The Labute approximate surface area is 148 Å². The number of hydrogen-bond acceptors (Lipinski definition) is 3. The van der Waals surface area contributed by atoms with Crippen LogP contribution in [0.1, 0.15) is 31.2 Å². The van der Waals surface area contributed by atoms with Crippen LogP contribution in [0.15, 0.2) is 30.5 Å². The molecule has 5 heteroatoms. The molecule has 0 spiro atoms. The van der Waals surface area contributed by atoms with Gasteiger partial charge in [0.15, 0.2) is 0 Å². The minimum Gasteiger partial charge on any atom is -0.381 e. The van der Waals surface area contributed by atoms with E-state index in [4.69, 9.17) is 9.47 Å². The van der Waals surface area contributed by atoms with Crippen molar-refractivity contribution in [3.8, 4) is 0 Å². The first-order valence-electron chi connectivity index (χ1n) is 9.09. The molecule has 1 aliphatic carbocycles. The molecule has 5 nitrogen and oxygen atoms in total. The molecule has 4 rings (SSSR count). The van der Waals surface area contributed by atoms with E-state index in [-0.39, 0.29) is 23.7 Å². The molecule has 2 aromatic rings. The number of carbonyl (C=O) groups excluding carboxylic acids is 1. The molecule has 0 bridgehead atoms. The number of H-pyrrole nitrogens is 1. The van der Waals surface area contributed by atoms with Crippen molar-refractivity contribution in [3.63, 3.8) is 0 Å². The Balaban J connectivity index is 1.55. The zero-order valence-corrected chi connectivity index (χ0v) is 15.0. The van der Waals surface area contributed by atoms with Gasteiger partial charge < -0.3 is 19.4 Å². The molecule has 2 aliphatic rings. The fourth-order valence-corrected chi connectivity index (χ4v) is 4.72. The number of amides is 1. The lowest BCUT2D eigenvalue weighted by molar-refractivity contribution is -0.140. The molecule has 1 aromatic carbocycles. The van der Waals surface area contributed by atoms with E-state index >= 15 is 0 Å². The molecule has 134 valence electrons. The van der Waals surface area contributed by atoms with Crippen LogP contribution in [0.3, 0.4) is 0 Å². The third-order valence-corrected chi connectivity index (χ3v) is 6.21. The maximum absolute atomic E-state index is 13.1. The quantitative estimate of drug-likeness (QED) is 0.929. The second-order valence-electron chi connectivity index (χ2n) is 7.29. The number of benzene rings is 1. The van der Waals surface area contributed by atoms with Gasteiger partial charge in [-0.3, -0.25) is 4.79 Å². The smallest absolute Gasteiger partial charge is 0.227 e. The SMILES string of the molecule is CO[C@H]1CC[C@@]2(OC)CCN(C(=O)Cc3c[nH]c4ccccc34)[C@H]2C1. The Morgan fingerprint density at radius 2 is 2.16 bits per heavy atom. The number of carbonyl (C=O) groups is 1. The highest BCUT2D eigenvalue weighted by molar-refractivity contribution is 5.89. The van der Waals surface area contributed by atoms with Gasteiger partial charge in [-0.25, -0.2) is 0 Å². The molecular weight excluding hydrogens is 316 g/mol. The van der Waals surface area contributed by atoms with Crippen molar-refractivity contribution in [1.82, 2.24) is 9.88 Å². The maximum atomic E-state index is 13.1. The van der Waals surface area contributed by atoms with Gasteiger partial charge in [-0.1, -0.05) is 18.2 Å². The third-order valence-electron chi connectivity index (χ3n) is 6.21. The van der Waals surface area contributed by atoms with E-state index in [1.807, 2.05) is 29.3 Å². The lowest BCUT2D eigenvalue weighted by Crippen LogP contribution is -2.53. The molecule has 1 N–H and O–H groups in total. The zero-order valence-electron chi connectivity index (χ0n) is 15.0. The maximum Gasteiger partial charge on any atom is 0.227 e. The second-order valence-corrected chi connectivity index (χ2v) is 7.29. The molecule has 2 fully saturated rings. The predicted molar refractivity (Wildman–Crippen MR) is 96.5 cm³/mol. The van der Waals surface area contributed by atoms with Crippen molar-refractivity contribution >= 4 is 16.8 Å². The van der Waals surface area contributed by atoms with E-state index in [1.54, 1.807) is 14.2 Å². The second kappa shape index (κ2) is 6.46. The molecule has 1 aliphatic heterocycles. The number of fused-ring (bicyclic) bond motifs is 2. The Bertz CT molecular complexity index is 771. The van der Waals surface area contributed by atoms with Gasteiger partial charge >= 0.3 is 0 Å². The highest BCUT2D eigenvalue weighted by atomic mass is 16.5. The van der Waals surface area contributed by atoms with Crippen LogP contribution in [-0.2, 0) is 20.7 Å². The van der Waals surface area contributed by atoms with Gasteiger partial charge in [0.2, 0.25) is 5.91 Å². The van der Waals surface area contributed by atoms with E-state index in [0.717, 1.165) is 48.7 Å². The van der Waals surface area contributed by atoms with E-state index in [9.17, 15) is 4.79 Å². The number of aromatic amines is 1. The summed E-state index contributed by atoms with van der Waals surface area (Å²) in [4.78, 5) is 18.4. The van der Waals surface area contributed by atoms with E-state index < -0.39 is 0 Å². The molecule has 3 atom stereocenters. The van der Waals surface area contributed by atoms with E-state index in [1.165, 1.54) is 0 Å². The number of nitrogens with zero attached hydrogens (tertiary/aromatic N) is 1. The van der Waals surface area contributed by atoms with Gasteiger partial charge in [0.25, 0.3) is 0 Å². The number of methoxy groups -OCH3 is 2. The van der Waals surface area contributed by atoms with Crippen LogP contribution >= 0.6 is 0 Å². The van der Waals surface area contributed by atoms with Gasteiger partial charge in [-0.15, -0.1) is 0 Å². The molecule has 1 saturated carbocycles. The summed E-state index contributed by atoms with van der Waals surface area (Å²) in [5.41, 5.74) is 1.95. The van der Waals surface area contributed by atoms with E-state index in [0.29, 0.717) is 6.42 Å². The first kappa shape index (κ1) is 16.6. The third kappa shape index (κ3) is 2.75. The first-order valence-corrected chi connectivity index (χ1v) is 9.09. The minimum absolute atomic E-state index is 0.119. The Morgan fingerprint density at radius 3 is 2.96 bits per heavy atom. The van der Waals surface area contributed by atoms with Crippen molar-refractivity contribution in [3.05, 3.63) is 36.0 Å². The van der Waals surface area contributed by atoms with Crippen molar-refractivity contribution in [2.24, 2.45) is 0 Å². The molecule has 0 radical (unpaired) electrons. The number of para-hydroxylation sites is 1. The number of nitrogens with one attached hydrogen (secondary N) is 1. The van der Waals surface area contributed by atoms with Crippen molar-refractivity contribution in [1.29, 1.82) is 0 Å². The van der Waals surface area contributed by atoms with Crippen LogP contribution in [0.5, 0.6) is 0 Å². The summed E-state index contributed by atoms with van der Waals surface area (Å²) in [5, 5.41) is 1.13. The van der Waals surface area contributed by atoms with Gasteiger partial charge in [0.05, 0.1) is 24.2 Å². The fourth-order valence-electron chi connectivity index (χ4n) is 4.72. The molecular formula is C20H26N2O3. The summed E-state index contributed by atoms with van der Waals surface area (Å²) in [7, 11) is 3.55. The van der Waals surface area contributed by atoms with Crippen LogP contribution in [-0.4, -0.2) is 54.3 Å². The fraction of sp³-hybridized carbons (Fsp3) is 0.550. The predicted octanol–water partition coefficient (Wildman–Crippen LogP) is 2.90. The summed E-state index contributed by atoms with van der Waals surface area (Å²) < 4.78 is 11.5. The van der Waals surface area contributed by atoms with Crippen LogP contribution in [0.25, 0.3) is 10.9 Å². The Hall–Kier alpha value is -1.85. The highest BCUT2D eigenvalue weighted by Gasteiger charge is 2.52. The minimum atomic E-state index is -0.190. The average Bonchev–Trinajstić information content (AvgIpc) is 3.23. The van der Waals surface area contributed by atoms with Crippen molar-refractivity contribution in [2.75, 3.05) is 20.8 Å². The van der Waals surface area contributed by atoms with Crippen LogP contribution < -0.4 is 0 Å². The summed E-state index contributed by atoms with van der Waals surface area (Å²) in [5.74, 6) is 0.186. The van der Waals surface area contributed by atoms with Crippen LogP contribution in [0.2, 0.25) is 0 Å². The Kier molecular flexibility index (Phi) is 4.29. The number of ether oxygens (including phenoxy) is 2. The van der Waals surface area contributed by atoms with Gasteiger partial charge in [-0.05, 0) is 37.3 Å². The summed E-state index contributed by atoms with van der Waals surface area (Å²) in [6.07, 6.45) is 6.36. The van der Waals surface area contributed by atoms with Crippen molar-refractivity contribution in [2.45, 2.75) is 49.9 Å². The van der Waals surface area contributed by atoms with Gasteiger partial charge in [-0.2, -0.15) is 0 Å². The average molecular weight is 342 g/mol. The van der Waals surface area contributed by atoms with Gasteiger partial charge in [0, 0.05) is 37.9 Å². The number of aromatic nitrogens is 1. The standard InChI is InChI=1S/C20H26N2O3/c1-24-15-7-8-20(25-2)9-10-22(18(20)12-15)19(23)11-14-13-21-17-6-4-3-5-16(14)17/h3-6,13,15,18,21H,7-12H2,1-2H3/t15-,18-,20+/m0/s1. The van der Waals surface area contributed by atoms with E-state index in [2.05, 4.69) is 11.1 Å². The number of hydrogen-bond donors (Lipinski definition) is 1. The molecule has 1 aromatic heterocycles. The first-order chi connectivity index (χ1) is 12.2. The topological polar surface area (TPSA) is 54.6 Å². The molecule has 0 unspecified atom stereocenters. The van der Waals surface area contributed by atoms with Crippen molar-refractivity contribution < 1.29 is 14.3 Å². The number of rotatable bonds is 4. The molecule has 25 heavy (non-hydrogen) atoms. The summed E-state index contributed by atoms with van der Waals surface area (Å²) in [6.45, 7) is 0.774. The molecule has 1 saturated heterocycles. The molecule has 2 heterocycles. The Morgan fingerprint density at radius 1 is 1.32 bits per heavy atom. The number of likely N-dealkylation sites (tertiary alicyclic amines) is 1. The lowest BCUT2D eigenvalue weighted by Gasteiger charge is -2.43. The summed E-state index contributed by atoms with van der Waals surface area (Å²) >= 11 is 0.